The van der Waals surface area contributed by atoms with E-state index in [2.05, 4.69) is 48.1 Å². The van der Waals surface area contributed by atoms with Gasteiger partial charge in [0, 0.05) is 29.6 Å². The number of nitro benzene ring substituents is 1. The van der Waals surface area contributed by atoms with Crippen LogP contribution in [0.2, 0.25) is 0 Å². The predicted molar refractivity (Wildman–Crippen MR) is 127 cm³/mol. The molecule has 0 aliphatic heterocycles. The van der Waals surface area contributed by atoms with Gasteiger partial charge in [-0.2, -0.15) is 0 Å². The summed E-state index contributed by atoms with van der Waals surface area (Å²) in [6.45, 7) is 4.96. The molecule has 0 radical (unpaired) electrons. The van der Waals surface area contributed by atoms with Crippen molar-refractivity contribution >= 4 is 22.7 Å². The van der Waals surface area contributed by atoms with E-state index in [0.717, 1.165) is 40.3 Å². The largest absolute Gasteiger partial charge is 0.316 e. The summed E-state index contributed by atoms with van der Waals surface area (Å²) in [7, 11) is 0. The molecule has 1 aliphatic carbocycles. The van der Waals surface area contributed by atoms with E-state index in [0.29, 0.717) is 0 Å². The van der Waals surface area contributed by atoms with Crippen LogP contribution in [0.25, 0.3) is 11.3 Å². The van der Waals surface area contributed by atoms with Crippen LogP contribution in [0.5, 0.6) is 0 Å². The molecule has 0 fully saturated rings. The first-order valence-corrected chi connectivity index (χ1v) is 11.6. The fourth-order valence-electron chi connectivity index (χ4n) is 3.97. The molecule has 5 nitrogen and oxygen atoms in total. The number of thiazole rings is 1. The van der Waals surface area contributed by atoms with Crippen molar-refractivity contribution in [3.05, 3.63) is 85.5 Å². The molecular formula is C25H27N3O2S. The number of nitro groups is 1. The molecule has 6 heteroatoms. The lowest BCUT2D eigenvalue weighted by atomic mass is 9.97. The second-order valence-electron chi connectivity index (χ2n) is 8.12. The zero-order chi connectivity index (χ0) is 21.8. The van der Waals surface area contributed by atoms with Crippen LogP contribution in [0.4, 0.5) is 11.4 Å². The molecule has 0 saturated heterocycles. The van der Waals surface area contributed by atoms with Crippen molar-refractivity contribution in [3.63, 3.8) is 0 Å². The SMILES string of the molecule is Cc1ccc(C)c(N=c2scc(-c3cccc([N+](=O)[O-])c3)n2CCC2=CCCCC2)c1. The normalized spacial score (nSPS) is 14.5. The molecule has 2 aromatic carbocycles. The Morgan fingerprint density at radius 2 is 2.03 bits per heavy atom. The highest BCUT2D eigenvalue weighted by atomic mass is 32.1. The lowest BCUT2D eigenvalue weighted by Crippen LogP contribution is -2.17. The van der Waals surface area contributed by atoms with Crippen LogP contribution in [0.3, 0.4) is 0 Å². The van der Waals surface area contributed by atoms with E-state index in [1.165, 1.54) is 42.9 Å². The van der Waals surface area contributed by atoms with Gasteiger partial charge in [-0.3, -0.25) is 10.1 Å². The number of aromatic nitrogens is 1. The van der Waals surface area contributed by atoms with Gasteiger partial charge >= 0.3 is 0 Å². The number of benzene rings is 2. The van der Waals surface area contributed by atoms with Crippen molar-refractivity contribution in [3.8, 4) is 11.3 Å². The lowest BCUT2D eigenvalue weighted by Gasteiger charge is -2.15. The summed E-state index contributed by atoms with van der Waals surface area (Å²) in [5.41, 5.74) is 6.74. The summed E-state index contributed by atoms with van der Waals surface area (Å²) in [5.74, 6) is 0. The van der Waals surface area contributed by atoms with Gasteiger partial charge in [0.15, 0.2) is 4.80 Å². The Kier molecular flexibility index (Phi) is 6.47. The van der Waals surface area contributed by atoms with Gasteiger partial charge in [0.25, 0.3) is 5.69 Å². The van der Waals surface area contributed by atoms with E-state index < -0.39 is 0 Å². The third-order valence-electron chi connectivity index (χ3n) is 5.77. The molecule has 3 aromatic rings. The van der Waals surface area contributed by atoms with Crippen LogP contribution >= 0.6 is 11.3 Å². The number of aryl methyl sites for hydroxylation is 2. The topological polar surface area (TPSA) is 60.4 Å². The van der Waals surface area contributed by atoms with Crippen LogP contribution in [0, 0.1) is 24.0 Å². The summed E-state index contributed by atoms with van der Waals surface area (Å²) in [4.78, 5) is 16.9. The fourth-order valence-corrected chi connectivity index (χ4v) is 4.92. The zero-order valence-corrected chi connectivity index (χ0v) is 18.8. The highest BCUT2D eigenvalue weighted by Crippen LogP contribution is 2.27. The van der Waals surface area contributed by atoms with Gasteiger partial charge in [-0.1, -0.05) is 35.9 Å². The first kappa shape index (κ1) is 21.2. The molecule has 1 heterocycles. The van der Waals surface area contributed by atoms with Gasteiger partial charge < -0.3 is 4.57 Å². The molecule has 0 N–H and O–H groups in total. The standard InChI is InChI=1S/C25H27N3O2S/c1-18-11-12-19(2)23(15-18)26-25-27(14-13-20-7-4-3-5-8-20)24(17-31-25)21-9-6-10-22(16-21)28(29)30/h6-7,9-12,15-17H,3-5,8,13-14H2,1-2H3. The Morgan fingerprint density at radius 3 is 2.81 bits per heavy atom. The maximum absolute atomic E-state index is 11.3. The lowest BCUT2D eigenvalue weighted by molar-refractivity contribution is -0.384. The van der Waals surface area contributed by atoms with Gasteiger partial charge in [-0.05, 0) is 63.1 Å². The fraction of sp³-hybridized carbons (Fsp3) is 0.320. The summed E-state index contributed by atoms with van der Waals surface area (Å²) in [5, 5.41) is 13.4. The maximum atomic E-state index is 11.3. The third kappa shape index (κ3) is 5.02. The molecule has 1 aliphatic rings. The molecule has 0 amide bonds. The molecule has 160 valence electrons. The summed E-state index contributed by atoms with van der Waals surface area (Å²) in [6, 6.07) is 13.2. The Labute approximate surface area is 186 Å². The first-order valence-electron chi connectivity index (χ1n) is 10.7. The zero-order valence-electron chi connectivity index (χ0n) is 18.0. The van der Waals surface area contributed by atoms with Crippen molar-refractivity contribution in [2.24, 2.45) is 4.99 Å². The van der Waals surface area contributed by atoms with Crippen molar-refractivity contribution in [1.29, 1.82) is 0 Å². The maximum Gasteiger partial charge on any atom is 0.270 e. The van der Waals surface area contributed by atoms with Gasteiger partial charge in [-0.25, -0.2) is 4.99 Å². The van der Waals surface area contributed by atoms with Crippen LogP contribution in [-0.2, 0) is 6.54 Å². The molecule has 0 unspecified atom stereocenters. The molecule has 0 atom stereocenters. The average Bonchev–Trinajstić information content (AvgIpc) is 3.18. The van der Waals surface area contributed by atoms with Gasteiger partial charge in [0.2, 0.25) is 0 Å². The number of hydrogen-bond donors (Lipinski definition) is 0. The minimum atomic E-state index is -0.339. The van der Waals surface area contributed by atoms with E-state index in [4.69, 9.17) is 4.99 Å². The molecule has 1 aromatic heterocycles. The summed E-state index contributed by atoms with van der Waals surface area (Å²) in [6.07, 6.45) is 8.24. The van der Waals surface area contributed by atoms with Gasteiger partial charge in [-0.15, -0.1) is 11.3 Å². The molecule has 0 bridgehead atoms. The highest BCUT2D eigenvalue weighted by molar-refractivity contribution is 7.07. The van der Waals surface area contributed by atoms with E-state index in [9.17, 15) is 10.1 Å². The first-order chi connectivity index (χ1) is 15.0. The van der Waals surface area contributed by atoms with Crippen LogP contribution < -0.4 is 4.80 Å². The number of rotatable bonds is 6. The van der Waals surface area contributed by atoms with Crippen molar-refractivity contribution in [1.82, 2.24) is 4.57 Å². The Morgan fingerprint density at radius 1 is 1.16 bits per heavy atom. The number of non-ortho nitro benzene ring substituents is 1. The number of allylic oxidation sites excluding steroid dienone is 2. The molecular weight excluding hydrogens is 406 g/mol. The van der Waals surface area contributed by atoms with E-state index in [1.807, 2.05) is 6.07 Å². The average molecular weight is 434 g/mol. The van der Waals surface area contributed by atoms with E-state index in [-0.39, 0.29) is 10.6 Å². The van der Waals surface area contributed by atoms with E-state index >= 15 is 0 Å². The molecule has 31 heavy (non-hydrogen) atoms. The smallest absolute Gasteiger partial charge is 0.270 e. The summed E-state index contributed by atoms with van der Waals surface area (Å²) < 4.78 is 2.22. The third-order valence-corrected chi connectivity index (χ3v) is 6.64. The number of nitrogens with zero attached hydrogens (tertiary/aromatic N) is 3. The molecule has 0 saturated carbocycles. The van der Waals surface area contributed by atoms with Gasteiger partial charge in [0.1, 0.15) is 0 Å². The molecule has 4 rings (SSSR count). The quantitative estimate of drug-likeness (QED) is 0.242. The second kappa shape index (κ2) is 9.43. The number of hydrogen-bond acceptors (Lipinski definition) is 4. The van der Waals surface area contributed by atoms with Crippen molar-refractivity contribution in [2.75, 3.05) is 0 Å². The summed E-state index contributed by atoms with van der Waals surface area (Å²) >= 11 is 1.59. The van der Waals surface area contributed by atoms with Gasteiger partial charge in [0.05, 0.1) is 16.3 Å². The Bertz CT molecular complexity index is 1200. The van der Waals surface area contributed by atoms with Crippen LogP contribution in [0.15, 0.2) is 64.5 Å². The van der Waals surface area contributed by atoms with Crippen molar-refractivity contribution in [2.45, 2.75) is 52.5 Å². The molecule has 0 spiro atoms. The Balaban J connectivity index is 1.79. The van der Waals surface area contributed by atoms with Crippen molar-refractivity contribution < 1.29 is 4.92 Å². The minimum Gasteiger partial charge on any atom is -0.316 e. The Hall–Kier alpha value is -2.99. The predicted octanol–water partition coefficient (Wildman–Crippen LogP) is 6.86. The monoisotopic (exact) mass is 433 g/mol. The second-order valence-corrected chi connectivity index (χ2v) is 8.96. The van der Waals surface area contributed by atoms with Crippen LogP contribution in [-0.4, -0.2) is 9.49 Å². The highest BCUT2D eigenvalue weighted by Gasteiger charge is 2.14. The van der Waals surface area contributed by atoms with E-state index in [1.54, 1.807) is 23.5 Å². The van der Waals surface area contributed by atoms with Crippen LogP contribution in [0.1, 0.15) is 43.2 Å². The minimum absolute atomic E-state index is 0.109.